The van der Waals surface area contributed by atoms with Crippen LogP contribution in [0.3, 0.4) is 0 Å². The van der Waals surface area contributed by atoms with Gasteiger partial charge in [-0.2, -0.15) is 0 Å². The Hall–Kier alpha value is -7.26. The fourth-order valence-electron chi connectivity index (χ4n) is 7.59. The molecule has 0 spiro atoms. The summed E-state index contributed by atoms with van der Waals surface area (Å²) in [7, 11) is 0. The highest BCUT2D eigenvalue weighted by Crippen LogP contribution is 2.40. The highest BCUT2D eigenvalue weighted by atomic mass is 16.3. The predicted octanol–water partition coefficient (Wildman–Crippen LogP) is 9.40. The van der Waals surface area contributed by atoms with Crippen LogP contribution in [0.4, 0.5) is 11.6 Å². The maximum Gasteiger partial charge on any atom is 0.153 e. The van der Waals surface area contributed by atoms with Crippen molar-refractivity contribution < 1.29 is 4.42 Å². The van der Waals surface area contributed by atoms with Crippen molar-refractivity contribution in [2.75, 3.05) is 10.9 Å². The van der Waals surface area contributed by atoms with Crippen molar-refractivity contribution in [1.29, 1.82) is 0 Å². The van der Waals surface area contributed by atoms with Gasteiger partial charge >= 0.3 is 0 Å². The Morgan fingerprint density at radius 1 is 0.490 bits per heavy atom. The monoisotopic (exact) mass is 660 g/mol. The van der Waals surface area contributed by atoms with E-state index in [1.54, 1.807) is 0 Å². The number of para-hydroxylation sites is 2. The third-order valence-corrected chi connectivity index (χ3v) is 9.93. The van der Waals surface area contributed by atoms with E-state index in [0.29, 0.717) is 0 Å². The van der Waals surface area contributed by atoms with Crippen molar-refractivity contribution >= 4 is 67.5 Å². The zero-order chi connectivity index (χ0) is 33.5. The van der Waals surface area contributed by atoms with E-state index < -0.39 is 0 Å². The summed E-state index contributed by atoms with van der Waals surface area (Å²) in [5, 5.41) is 4.31. The van der Waals surface area contributed by atoms with Gasteiger partial charge in [-0.25, -0.2) is 0 Å². The second kappa shape index (κ2) is 10.6. The van der Waals surface area contributed by atoms with Gasteiger partial charge in [0, 0.05) is 67.6 Å². The summed E-state index contributed by atoms with van der Waals surface area (Å²) < 4.78 is 10.8. The first kappa shape index (κ1) is 27.7. The van der Waals surface area contributed by atoms with E-state index in [4.69, 9.17) is 14.4 Å². The Bertz CT molecular complexity index is 2720. The molecule has 7 heterocycles. The van der Waals surface area contributed by atoms with Gasteiger partial charge in [-0.1, -0.05) is 60.7 Å². The van der Waals surface area contributed by atoms with Gasteiger partial charge in [-0.15, -0.1) is 0 Å². The summed E-state index contributed by atoms with van der Waals surface area (Å²) in [5.74, 6) is 2.00. The maximum absolute atomic E-state index is 6.26. The fourth-order valence-corrected chi connectivity index (χ4v) is 7.59. The normalized spacial score (nSPS) is 13.2. The van der Waals surface area contributed by atoms with Crippen LogP contribution in [-0.4, -0.2) is 19.1 Å². The molecule has 0 saturated heterocycles. The number of rotatable bonds is 4. The number of nitrogens with zero attached hydrogens (tertiary/aromatic N) is 4. The molecule has 51 heavy (non-hydrogen) atoms. The van der Waals surface area contributed by atoms with E-state index in [1.165, 1.54) is 0 Å². The predicted molar refractivity (Wildman–Crippen MR) is 205 cm³/mol. The van der Waals surface area contributed by atoms with Crippen LogP contribution in [0.1, 0.15) is 11.1 Å². The number of pyridine rings is 2. The number of anilines is 2. The van der Waals surface area contributed by atoms with E-state index in [9.17, 15) is 0 Å². The van der Waals surface area contributed by atoms with Crippen LogP contribution in [0.15, 0.2) is 138 Å². The molecule has 2 aliphatic heterocycles. The SMILES string of the molecule is C1=Cc2c(n(-c3ccccc3)c3cc(-c4cc5c(cn4)oc4cnc(-c6ccc7c8c(n(-c9ccccc9)c7c6)NNC=C8)cc45)ccc23)NN1. The molecule has 9 nitrogen and oxygen atoms in total. The maximum atomic E-state index is 6.26. The fraction of sp³-hybridized carbons (Fsp3) is 0. The number of hydrazine groups is 2. The molecular formula is C42H28N8O. The number of nitrogens with one attached hydrogen (secondary N) is 4. The van der Waals surface area contributed by atoms with Crippen LogP contribution in [0.25, 0.3) is 89.8 Å². The first-order chi connectivity index (χ1) is 25.3. The van der Waals surface area contributed by atoms with Crippen LogP contribution in [0.5, 0.6) is 0 Å². The van der Waals surface area contributed by atoms with Crippen molar-refractivity contribution in [3.05, 3.63) is 145 Å². The standard InChI is InChI=1S/C42H28N8O/c1-3-7-27(8-4-1)49-37-19-25(11-13-29(37)31-15-17-45-47-41(31)49)35-21-33-34-22-36(44-24-40(34)51-39(33)23-43-35)26-12-14-30-32-16-18-46-48-42(32)50(38(30)20-26)28-9-5-2-6-10-28/h1-24,45-48H. The van der Waals surface area contributed by atoms with E-state index in [-0.39, 0.29) is 0 Å². The van der Waals surface area contributed by atoms with Crippen molar-refractivity contribution in [2.45, 2.75) is 0 Å². The molecule has 0 amide bonds. The second-order valence-electron chi connectivity index (χ2n) is 12.8. The lowest BCUT2D eigenvalue weighted by Gasteiger charge is -2.16. The van der Waals surface area contributed by atoms with Gasteiger partial charge in [0.2, 0.25) is 0 Å². The van der Waals surface area contributed by atoms with Gasteiger partial charge in [0.05, 0.1) is 34.8 Å². The Balaban J connectivity index is 1.05. The molecule has 0 radical (unpaired) electrons. The van der Waals surface area contributed by atoms with E-state index in [0.717, 1.165) is 100 Å². The lowest BCUT2D eigenvalue weighted by atomic mass is 10.0. The third kappa shape index (κ3) is 4.15. The molecule has 2 aliphatic rings. The van der Waals surface area contributed by atoms with Crippen LogP contribution in [0.2, 0.25) is 0 Å². The molecule has 5 aromatic heterocycles. The quantitative estimate of drug-likeness (QED) is 0.149. The Kier molecular flexibility index (Phi) is 5.76. The van der Waals surface area contributed by atoms with Gasteiger partial charge in [-0.3, -0.25) is 30.0 Å². The van der Waals surface area contributed by atoms with Gasteiger partial charge in [-0.05, 0) is 60.7 Å². The molecule has 0 bridgehead atoms. The number of fused-ring (bicyclic) bond motifs is 9. The molecular weight excluding hydrogens is 633 g/mol. The molecule has 0 unspecified atom stereocenters. The van der Waals surface area contributed by atoms with Crippen LogP contribution in [0, 0.1) is 0 Å². The molecule has 11 rings (SSSR count). The summed E-state index contributed by atoms with van der Waals surface area (Å²) in [5.41, 5.74) is 24.9. The highest BCUT2D eigenvalue weighted by Gasteiger charge is 2.22. The largest absolute Gasteiger partial charge is 0.453 e. The minimum absolute atomic E-state index is 0.726. The van der Waals surface area contributed by atoms with Crippen molar-refractivity contribution in [1.82, 2.24) is 30.0 Å². The minimum atomic E-state index is 0.726. The van der Waals surface area contributed by atoms with E-state index in [2.05, 4.69) is 140 Å². The zero-order valence-electron chi connectivity index (χ0n) is 27.1. The molecule has 0 fully saturated rings. The second-order valence-corrected chi connectivity index (χ2v) is 12.8. The lowest BCUT2D eigenvalue weighted by Crippen LogP contribution is -2.20. The van der Waals surface area contributed by atoms with Crippen LogP contribution >= 0.6 is 0 Å². The smallest absolute Gasteiger partial charge is 0.153 e. The van der Waals surface area contributed by atoms with Crippen LogP contribution in [-0.2, 0) is 0 Å². The first-order valence-electron chi connectivity index (χ1n) is 16.8. The molecule has 242 valence electrons. The average Bonchev–Trinajstić information content (AvgIpc) is 3.85. The summed E-state index contributed by atoms with van der Waals surface area (Å²) in [6.45, 7) is 0. The summed E-state index contributed by atoms with van der Waals surface area (Å²) >= 11 is 0. The van der Waals surface area contributed by atoms with Crippen molar-refractivity contribution in [2.24, 2.45) is 0 Å². The van der Waals surface area contributed by atoms with Crippen molar-refractivity contribution in [3.8, 4) is 33.9 Å². The zero-order valence-corrected chi connectivity index (χ0v) is 27.1. The molecule has 4 aromatic carbocycles. The molecule has 0 aliphatic carbocycles. The van der Waals surface area contributed by atoms with Crippen molar-refractivity contribution in [3.63, 3.8) is 0 Å². The topological polar surface area (TPSA) is 96.9 Å². The summed E-state index contributed by atoms with van der Waals surface area (Å²) in [6.07, 6.45) is 11.7. The van der Waals surface area contributed by atoms with Gasteiger partial charge in [0.25, 0.3) is 0 Å². The lowest BCUT2D eigenvalue weighted by molar-refractivity contribution is 0.665. The van der Waals surface area contributed by atoms with Gasteiger partial charge in [0.1, 0.15) is 11.6 Å². The molecule has 0 saturated carbocycles. The number of furan rings is 1. The number of benzene rings is 4. The first-order valence-corrected chi connectivity index (χ1v) is 16.8. The van der Waals surface area contributed by atoms with Gasteiger partial charge in [0.15, 0.2) is 11.2 Å². The number of hydrogen-bond acceptors (Lipinski definition) is 7. The minimum Gasteiger partial charge on any atom is -0.453 e. The summed E-state index contributed by atoms with van der Waals surface area (Å²) in [6, 6.07) is 38.1. The number of aromatic nitrogens is 4. The van der Waals surface area contributed by atoms with Crippen LogP contribution < -0.4 is 21.7 Å². The molecule has 4 N–H and O–H groups in total. The average molecular weight is 661 g/mol. The Morgan fingerprint density at radius 3 is 1.43 bits per heavy atom. The molecule has 9 aromatic rings. The van der Waals surface area contributed by atoms with E-state index >= 15 is 0 Å². The molecule has 0 atom stereocenters. The summed E-state index contributed by atoms with van der Waals surface area (Å²) in [4.78, 5) is 9.73. The molecule has 9 heteroatoms. The third-order valence-electron chi connectivity index (χ3n) is 9.93. The van der Waals surface area contributed by atoms with E-state index in [1.807, 2.05) is 36.9 Å². The Labute approximate surface area is 291 Å². The highest BCUT2D eigenvalue weighted by molar-refractivity contribution is 6.07. The number of hydrogen-bond donors (Lipinski definition) is 4. The van der Waals surface area contributed by atoms with Gasteiger partial charge < -0.3 is 15.3 Å². The Morgan fingerprint density at radius 2 is 0.961 bits per heavy atom.